The van der Waals surface area contributed by atoms with E-state index in [0.29, 0.717) is 0 Å². The van der Waals surface area contributed by atoms with Crippen LogP contribution in [0.4, 0.5) is 0 Å². The fourth-order valence-corrected chi connectivity index (χ4v) is 7.76. The lowest BCUT2D eigenvalue weighted by atomic mass is 9.81. The van der Waals surface area contributed by atoms with Crippen LogP contribution in [0, 0.1) is 6.92 Å². The molecule has 9 rings (SSSR count). The van der Waals surface area contributed by atoms with Crippen molar-refractivity contribution < 1.29 is 5.11 Å². The molecule has 0 spiro atoms. The third-order valence-electron chi connectivity index (χ3n) is 10.2. The number of nitrogens with zero attached hydrogens (tertiary/aromatic N) is 3. The summed E-state index contributed by atoms with van der Waals surface area (Å²) in [5, 5.41) is 12.1. The molecule has 1 aliphatic rings. The molecule has 0 fully saturated rings. The van der Waals surface area contributed by atoms with Crippen molar-refractivity contribution in [3.8, 4) is 73.0 Å². The van der Waals surface area contributed by atoms with E-state index in [0.717, 1.165) is 72.9 Å². The summed E-state index contributed by atoms with van der Waals surface area (Å²) in [6.07, 6.45) is 2.07. The van der Waals surface area contributed by atoms with Crippen molar-refractivity contribution in [1.29, 1.82) is 0 Å². The Morgan fingerprint density at radius 3 is 2.10 bits per heavy atom. The first-order valence-electron chi connectivity index (χ1n) is 17.1. The van der Waals surface area contributed by atoms with Gasteiger partial charge < -0.3 is 5.11 Å². The fraction of sp³-hybridized carbons (Fsp3) is 0.0870. The number of hydrogen-bond acceptors (Lipinski definition) is 3. The largest absolute Gasteiger partial charge is 0.507 e. The highest BCUT2D eigenvalue weighted by molar-refractivity contribution is 5.89. The first-order chi connectivity index (χ1) is 24.4. The lowest BCUT2D eigenvalue weighted by Crippen LogP contribution is -2.15. The average molecular weight is 646 g/mol. The van der Waals surface area contributed by atoms with Gasteiger partial charge in [-0.15, -0.1) is 0 Å². The minimum absolute atomic E-state index is 0.287. The van der Waals surface area contributed by atoms with Crippen molar-refractivity contribution in [3.05, 3.63) is 168 Å². The van der Waals surface area contributed by atoms with E-state index in [1.165, 1.54) is 16.7 Å². The fourth-order valence-electron chi connectivity index (χ4n) is 7.76. The molecular weight excluding hydrogens is 611 g/mol. The van der Waals surface area contributed by atoms with Crippen LogP contribution in [0.3, 0.4) is 0 Å². The molecular formula is C46H35N3O. The Morgan fingerprint density at radius 1 is 0.540 bits per heavy atom. The molecule has 3 aromatic heterocycles. The average Bonchev–Trinajstić information content (AvgIpc) is 3.65. The molecule has 8 aromatic rings. The molecule has 4 heteroatoms. The summed E-state index contributed by atoms with van der Waals surface area (Å²) in [7, 11) is 0. The monoisotopic (exact) mass is 645 g/mol. The number of phenols is 1. The van der Waals surface area contributed by atoms with Gasteiger partial charge in [0.15, 0.2) is 0 Å². The van der Waals surface area contributed by atoms with Gasteiger partial charge in [-0.2, -0.15) is 0 Å². The van der Waals surface area contributed by atoms with Crippen LogP contribution in [0.5, 0.6) is 5.75 Å². The van der Waals surface area contributed by atoms with E-state index < -0.39 is 0 Å². The summed E-state index contributed by atoms with van der Waals surface area (Å²) in [5.41, 5.74) is 15.6. The molecule has 3 heterocycles. The molecule has 0 saturated carbocycles. The third-order valence-corrected chi connectivity index (χ3v) is 10.2. The van der Waals surface area contributed by atoms with Crippen LogP contribution >= 0.6 is 0 Å². The van der Waals surface area contributed by atoms with Gasteiger partial charge in [0.25, 0.3) is 0 Å². The molecule has 5 aromatic carbocycles. The number of aryl methyl sites for hydroxylation is 1. The van der Waals surface area contributed by atoms with E-state index in [4.69, 9.17) is 9.97 Å². The maximum Gasteiger partial charge on any atom is 0.137 e. The molecule has 0 saturated heterocycles. The number of benzene rings is 5. The smallest absolute Gasteiger partial charge is 0.137 e. The standard InChI is InChI=1S/C46H35N3O/c1-29-13-11-16-31(25-29)34-27-39(47-40(28-34)37-23-22-36-35-19-7-8-20-38(35)46(2,3)42(36)45(37)50)32-17-12-18-33(26-32)43-44(30-14-5-4-6-15-30)49-24-10-9-21-41(49)48-43/h4-28,50H,1-3H3. The summed E-state index contributed by atoms with van der Waals surface area (Å²) in [4.78, 5) is 10.4. The third kappa shape index (κ3) is 4.75. The minimum Gasteiger partial charge on any atom is -0.507 e. The van der Waals surface area contributed by atoms with Gasteiger partial charge in [-0.25, -0.2) is 9.97 Å². The molecule has 0 radical (unpaired) electrons. The van der Waals surface area contributed by atoms with Crippen LogP contribution in [-0.4, -0.2) is 19.5 Å². The highest BCUT2D eigenvalue weighted by atomic mass is 16.3. The normalized spacial score (nSPS) is 12.9. The topological polar surface area (TPSA) is 50.4 Å². The molecule has 50 heavy (non-hydrogen) atoms. The number of imidazole rings is 1. The van der Waals surface area contributed by atoms with Gasteiger partial charge in [0.2, 0.25) is 0 Å². The maximum absolute atomic E-state index is 12.1. The lowest BCUT2D eigenvalue weighted by Gasteiger charge is -2.23. The predicted octanol–water partition coefficient (Wildman–Crippen LogP) is 11.4. The first-order valence-corrected chi connectivity index (χ1v) is 17.1. The van der Waals surface area contributed by atoms with E-state index >= 15 is 0 Å². The molecule has 240 valence electrons. The Hall–Kier alpha value is -6.26. The molecule has 1 aliphatic carbocycles. The number of hydrogen-bond donors (Lipinski definition) is 1. The molecule has 0 unspecified atom stereocenters. The van der Waals surface area contributed by atoms with Crippen molar-refractivity contribution in [2.45, 2.75) is 26.2 Å². The molecule has 4 nitrogen and oxygen atoms in total. The number of rotatable bonds is 5. The van der Waals surface area contributed by atoms with E-state index in [2.05, 4.69) is 147 Å². The summed E-state index contributed by atoms with van der Waals surface area (Å²) in [5.74, 6) is 0.287. The Kier molecular flexibility index (Phi) is 6.82. The maximum atomic E-state index is 12.1. The second kappa shape index (κ2) is 11.4. The zero-order chi connectivity index (χ0) is 34.0. The number of aromatic nitrogens is 3. The van der Waals surface area contributed by atoms with Crippen molar-refractivity contribution in [2.24, 2.45) is 0 Å². The van der Waals surface area contributed by atoms with Crippen LogP contribution in [0.2, 0.25) is 0 Å². The Labute approximate surface area is 292 Å². The predicted molar refractivity (Wildman–Crippen MR) is 204 cm³/mol. The number of fused-ring (bicyclic) bond motifs is 4. The molecule has 0 bridgehead atoms. The van der Waals surface area contributed by atoms with Crippen molar-refractivity contribution in [1.82, 2.24) is 14.4 Å². The van der Waals surface area contributed by atoms with Crippen molar-refractivity contribution in [3.63, 3.8) is 0 Å². The van der Waals surface area contributed by atoms with E-state index in [1.54, 1.807) is 0 Å². The second-order valence-electron chi connectivity index (χ2n) is 13.7. The van der Waals surface area contributed by atoms with E-state index in [9.17, 15) is 5.11 Å². The van der Waals surface area contributed by atoms with Crippen molar-refractivity contribution >= 4 is 5.65 Å². The van der Waals surface area contributed by atoms with Gasteiger partial charge in [0, 0.05) is 39.4 Å². The van der Waals surface area contributed by atoms with Gasteiger partial charge in [-0.05, 0) is 71.1 Å². The van der Waals surface area contributed by atoms with E-state index in [-0.39, 0.29) is 11.2 Å². The molecule has 1 N–H and O–H groups in total. The van der Waals surface area contributed by atoms with Gasteiger partial charge >= 0.3 is 0 Å². The summed E-state index contributed by atoms with van der Waals surface area (Å²) >= 11 is 0. The van der Waals surface area contributed by atoms with Gasteiger partial charge in [0.1, 0.15) is 11.4 Å². The first kappa shape index (κ1) is 29.8. The summed E-state index contributed by atoms with van der Waals surface area (Å²) in [6.45, 7) is 6.50. The Bertz CT molecular complexity index is 2600. The zero-order valence-corrected chi connectivity index (χ0v) is 28.2. The SMILES string of the molecule is Cc1cccc(-c2cc(-c3cccc(-c4nc5ccccn5c4-c4ccccc4)c3)nc(-c3ccc4c(c3O)C(C)(C)c3ccccc3-4)c2)c1. The number of phenolic OH excluding ortho intramolecular Hbond substituents is 1. The second-order valence-corrected chi connectivity index (χ2v) is 13.7. The number of aromatic hydroxyl groups is 1. The quantitative estimate of drug-likeness (QED) is 0.203. The van der Waals surface area contributed by atoms with Crippen molar-refractivity contribution in [2.75, 3.05) is 0 Å². The molecule has 0 amide bonds. The van der Waals surface area contributed by atoms with Crippen LogP contribution in [-0.2, 0) is 5.41 Å². The zero-order valence-electron chi connectivity index (χ0n) is 28.2. The van der Waals surface area contributed by atoms with E-state index in [1.807, 2.05) is 30.3 Å². The van der Waals surface area contributed by atoms with Gasteiger partial charge in [-0.3, -0.25) is 4.40 Å². The lowest BCUT2D eigenvalue weighted by molar-refractivity contribution is 0.458. The highest BCUT2D eigenvalue weighted by Crippen LogP contribution is 2.54. The molecule has 0 aliphatic heterocycles. The minimum atomic E-state index is -0.345. The number of pyridine rings is 2. The Balaban J connectivity index is 1.23. The highest BCUT2D eigenvalue weighted by Gasteiger charge is 2.38. The van der Waals surface area contributed by atoms with Gasteiger partial charge in [-0.1, -0.05) is 129 Å². The van der Waals surface area contributed by atoms with Crippen LogP contribution in [0.1, 0.15) is 30.5 Å². The van der Waals surface area contributed by atoms with Crippen LogP contribution in [0.25, 0.3) is 72.9 Å². The van der Waals surface area contributed by atoms with Crippen LogP contribution in [0.15, 0.2) is 152 Å². The Morgan fingerprint density at radius 2 is 1.24 bits per heavy atom. The summed E-state index contributed by atoms with van der Waals surface area (Å²) < 4.78 is 2.16. The molecule has 0 atom stereocenters. The van der Waals surface area contributed by atoms with Gasteiger partial charge in [0.05, 0.1) is 22.8 Å². The van der Waals surface area contributed by atoms with Crippen LogP contribution < -0.4 is 0 Å². The summed E-state index contributed by atoms with van der Waals surface area (Å²) in [6, 6.07) is 50.5.